The summed E-state index contributed by atoms with van der Waals surface area (Å²) in [6.07, 6.45) is 1.63. The highest BCUT2D eigenvalue weighted by Gasteiger charge is 2.15. The Labute approximate surface area is 167 Å². The Morgan fingerprint density at radius 1 is 1.32 bits per heavy atom. The van der Waals surface area contributed by atoms with E-state index in [4.69, 9.17) is 4.52 Å². The third kappa shape index (κ3) is 4.75. The molecule has 0 aromatic carbocycles. The van der Waals surface area contributed by atoms with E-state index in [1.54, 1.807) is 17.4 Å². The standard InChI is InChI=1S/C20H24N4O3S/c1-4-15(21-19(25)9-7-16-13(2)23-27-14(16)3)12-24-20(26)10-8-17(22-24)18-6-5-11-28-18/h5-6,8,10-11,15H,4,7,9,12H2,1-3H3,(H,21,25)/t15-/m1/s1. The van der Waals surface area contributed by atoms with E-state index in [1.807, 2.05) is 38.3 Å². The highest BCUT2D eigenvalue weighted by atomic mass is 32.1. The molecule has 1 amide bonds. The highest BCUT2D eigenvalue weighted by Crippen LogP contribution is 2.21. The van der Waals surface area contributed by atoms with Gasteiger partial charge in [-0.3, -0.25) is 9.59 Å². The zero-order valence-corrected chi connectivity index (χ0v) is 17.1. The van der Waals surface area contributed by atoms with E-state index in [9.17, 15) is 9.59 Å². The monoisotopic (exact) mass is 400 g/mol. The number of hydrogen-bond acceptors (Lipinski definition) is 6. The van der Waals surface area contributed by atoms with Crippen LogP contribution in [0.3, 0.4) is 0 Å². The summed E-state index contributed by atoms with van der Waals surface area (Å²) in [6, 6.07) is 7.00. The molecule has 0 saturated carbocycles. The molecule has 0 fully saturated rings. The molecule has 0 bridgehead atoms. The average molecular weight is 401 g/mol. The summed E-state index contributed by atoms with van der Waals surface area (Å²) in [4.78, 5) is 25.6. The van der Waals surface area contributed by atoms with E-state index in [1.165, 1.54) is 10.7 Å². The van der Waals surface area contributed by atoms with Crippen LogP contribution in [0.25, 0.3) is 10.6 Å². The minimum Gasteiger partial charge on any atom is -0.361 e. The zero-order valence-electron chi connectivity index (χ0n) is 16.3. The summed E-state index contributed by atoms with van der Waals surface area (Å²) in [5, 5.41) is 13.4. The van der Waals surface area contributed by atoms with Gasteiger partial charge in [-0.1, -0.05) is 18.1 Å². The predicted octanol–water partition coefficient (Wildman–Crippen LogP) is 3.10. The molecular weight excluding hydrogens is 376 g/mol. The maximum Gasteiger partial charge on any atom is 0.266 e. The fourth-order valence-corrected chi connectivity index (χ4v) is 3.71. The average Bonchev–Trinajstić information content (AvgIpc) is 3.32. The Kier molecular flexibility index (Phi) is 6.41. The van der Waals surface area contributed by atoms with Crippen molar-refractivity contribution in [1.82, 2.24) is 20.3 Å². The van der Waals surface area contributed by atoms with Gasteiger partial charge < -0.3 is 9.84 Å². The van der Waals surface area contributed by atoms with Crippen LogP contribution in [0.5, 0.6) is 0 Å². The summed E-state index contributed by atoms with van der Waals surface area (Å²) in [6.45, 7) is 6.04. The van der Waals surface area contributed by atoms with Gasteiger partial charge in [0.05, 0.1) is 17.1 Å². The van der Waals surface area contributed by atoms with Crippen molar-refractivity contribution in [2.45, 2.75) is 52.6 Å². The molecule has 0 saturated heterocycles. The van der Waals surface area contributed by atoms with Gasteiger partial charge in [-0.05, 0) is 44.2 Å². The first-order chi connectivity index (χ1) is 13.5. The number of carbonyl (C=O) groups is 1. The minimum absolute atomic E-state index is 0.0608. The minimum atomic E-state index is -0.177. The fourth-order valence-electron chi connectivity index (χ4n) is 3.02. The normalized spacial score (nSPS) is 12.1. The number of nitrogens with zero attached hydrogens (tertiary/aromatic N) is 3. The van der Waals surface area contributed by atoms with E-state index >= 15 is 0 Å². The van der Waals surface area contributed by atoms with Crippen molar-refractivity contribution < 1.29 is 9.32 Å². The first-order valence-corrected chi connectivity index (χ1v) is 10.2. The molecule has 8 heteroatoms. The lowest BCUT2D eigenvalue weighted by Crippen LogP contribution is -2.40. The van der Waals surface area contributed by atoms with Gasteiger partial charge in [0.2, 0.25) is 5.91 Å². The topological polar surface area (TPSA) is 90.0 Å². The molecule has 3 aromatic rings. The number of amides is 1. The second-order valence-corrected chi connectivity index (χ2v) is 7.64. The lowest BCUT2D eigenvalue weighted by molar-refractivity contribution is -0.121. The molecule has 7 nitrogen and oxygen atoms in total. The molecule has 1 atom stereocenters. The summed E-state index contributed by atoms with van der Waals surface area (Å²) in [5.41, 5.74) is 2.38. The Morgan fingerprint density at radius 2 is 2.14 bits per heavy atom. The van der Waals surface area contributed by atoms with Gasteiger partial charge >= 0.3 is 0 Å². The Bertz CT molecular complexity index is 972. The number of hydrogen-bond donors (Lipinski definition) is 1. The van der Waals surface area contributed by atoms with Gasteiger partial charge in [-0.25, -0.2) is 4.68 Å². The van der Waals surface area contributed by atoms with Crippen LogP contribution in [-0.4, -0.2) is 26.9 Å². The van der Waals surface area contributed by atoms with E-state index < -0.39 is 0 Å². The van der Waals surface area contributed by atoms with Crippen LogP contribution in [0.2, 0.25) is 0 Å². The number of rotatable bonds is 8. The van der Waals surface area contributed by atoms with Crippen LogP contribution < -0.4 is 10.9 Å². The predicted molar refractivity (Wildman–Crippen MR) is 108 cm³/mol. The van der Waals surface area contributed by atoms with Gasteiger partial charge in [0.1, 0.15) is 11.5 Å². The van der Waals surface area contributed by atoms with Gasteiger partial charge in [-0.15, -0.1) is 11.3 Å². The molecule has 0 radical (unpaired) electrons. The molecule has 1 N–H and O–H groups in total. The molecular formula is C20H24N4O3S. The summed E-state index contributed by atoms with van der Waals surface area (Å²) < 4.78 is 6.57. The molecule has 0 aliphatic rings. The van der Waals surface area contributed by atoms with Crippen molar-refractivity contribution in [2.24, 2.45) is 0 Å². The lowest BCUT2D eigenvalue weighted by atomic mass is 10.1. The zero-order chi connectivity index (χ0) is 20.1. The molecule has 3 heterocycles. The van der Waals surface area contributed by atoms with Crippen LogP contribution in [0, 0.1) is 13.8 Å². The number of thiophene rings is 1. The SMILES string of the molecule is CC[C@H](Cn1nc(-c2cccs2)ccc1=O)NC(=O)CCc1c(C)noc1C. The van der Waals surface area contributed by atoms with Crippen molar-refractivity contribution in [3.63, 3.8) is 0 Å². The molecule has 3 rings (SSSR count). The van der Waals surface area contributed by atoms with Crippen LogP contribution in [0.15, 0.2) is 39.0 Å². The molecule has 0 spiro atoms. The van der Waals surface area contributed by atoms with Gasteiger partial charge in [0.25, 0.3) is 5.56 Å². The fraction of sp³-hybridized carbons (Fsp3) is 0.400. The van der Waals surface area contributed by atoms with Crippen LogP contribution in [0.4, 0.5) is 0 Å². The maximum atomic E-state index is 12.4. The van der Waals surface area contributed by atoms with Crippen molar-refractivity contribution in [2.75, 3.05) is 0 Å². The van der Waals surface area contributed by atoms with Crippen molar-refractivity contribution >= 4 is 17.2 Å². The number of aryl methyl sites for hydroxylation is 2. The number of nitrogens with one attached hydrogen (secondary N) is 1. The van der Waals surface area contributed by atoms with Crippen LogP contribution >= 0.6 is 11.3 Å². The van der Waals surface area contributed by atoms with Gasteiger partial charge in [0.15, 0.2) is 0 Å². The first-order valence-electron chi connectivity index (χ1n) is 9.31. The van der Waals surface area contributed by atoms with E-state index in [0.717, 1.165) is 27.6 Å². The van der Waals surface area contributed by atoms with Crippen LogP contribution in [0.1, 0.15) is 36.8 Å². The molecule has 148 valence electrons. The molecule has 0 aliphatic heterocycles. The van der Waals surface area contributed by atoms with Gasteiger partial charge in [-0.2, -0.15) is 5.10 Å². The highest BCUT2D eigenvalue weighted by molar-refractivity contribution is 7.13. The third-order valence-corrected chi connectivity index (χ3v) is 5.57. The summed E-state index contributed by atoms with van der Waals surface area (Å²) >= 11 is 1.57. The summed E-state index contributed by atoms with van der Waals surface area (Å²) in [5.74, 6) is 0.688. The second kappa shape index (κ2) is 8.97. The second-order valence-electron chi connectivity index (χ2n) is 6.69. The van der Waals surface area contributed by atoms with E-state index in [-0.39, 0.29) is 17.5 Å². The van der Waals surface area contributed by atoms with Gasteiger partial charge in [0, 0.05) is 24.1 Å². The Hall–Kier alpha value is -2.74. The van der Waals surface area contributed by atoms with Crippen molar-refractivity contribution in [3.8, 4) is 10.6 Å². The number of aromatic nitrogens is 3. The van der Waals surface area contributed by atoms with E-state index in [0.29, 0.717) is 25.8 Å². The van der Waals surface area contributed by atoms with Crippen LogP contribution in [-0.2, 0) is 17.8 Å². The Morgan fingerprint density at radius 3 is 2.79 bits per heavy atom. The third-order valence-electron chi connectivity index (χ3n) is 4.67. The van der Waals surface area contributed by atoms with Crippen molar-refractivity contribution in [3.05, 3.63) is 57.0 Å². The molecule has 3 aromatic heterocycles. The maximum absolute atomic E-state index is 12.4. The largest absolute Gasteiger partial charge is 0.361 e. The molecule has 0 aliphatic carbocycles. The Balaban J connectivity index is 1.63. The molecule has 0 unspecified atom stereocenters. The quantitative estimate of drug-likeness (QED) is 0.627. The summed E-state index contributed by atoms with van der Waals surface area (Å²) in [7, 11) is 0. The van der Waals surface area contributed by atoms with E-state index in [2.05, 4.69) is 15.6 Å². The number of carbonyl (C=O) groups excluding carboxylic acids is 1. The van der Waals surface area contributed by atoms with Crippen molar-refractivity contribution in [1.29, 1.82) is 0 Å². The smallest absolute Gasteiger partial charge is 0.266 e. The first kappa shape index (κ1) is 20.0. The molecule has 28 heavy (non-hydrogen) atoms. The lowest BCUT2D eigenvalue weighted by Gasteiger charge is -2.18.